The first-order chi connectivity index (χ1) is 10.6. The minimum atomic E-state index is -4.40. The lowest BCUT2D eigenvalue weighted by molar-refractivity contribution is -0.137. The number of hydrogen-bond donors (Lipinski definition) is 2. The fourth-order valence-electron chi connectivity index (χ4n) is 2.43. The van der Waals surface area contributed by atoms with Crippen molar-refractivity contribution in [1.82, 2.24) is 10.0 Å². The molecule has 1 aromatic rings. The number of nitrogens with one attached hydrogen (secondary N) is 2. The molecule has 2 rings (SSSR count). The minimum Gasteiger partial charge on any atom is -0.489 e. The predicted molar refractivity (Wildman–Crippen MR) is 79.7 cm³/mol. The Labute approximate surface area is 133 Å². The summed E-state index contributed by atoms with van der Waals surface area (Å²) in [4.78, 5) is 0. The molecule has 2 N–H and O–H groups in total. The van der Waals surface area contributed by atoms with Crippen molar-refractivity contribution in [3.05, 3.63) is 29.8 Å². The van der Waals surface area contributed by atoms with Crippen LogP contribution in [0.25, 0.3) is 0 Å². The Kier molecular flexibility index (Phi) is 5.53. The van der Waals surface area contributed by atoms with E-state index in [1.165, 1.54) is 12.1 Å². The Morgan fingerprint density at radius 2 is 2.00 bits per heavy atom. The summed E-state index contributed by atoms with van der Waals surface area (Å²) in [6.07, 6.45) is -2.98. The number of ether oxygens (including phenoxy) is 1. The van der Waals surface area contributed by atoms with Gasteiger partial charge in [0.05, 0.1) is 11.8 Å². The third-order valence-corrected chi connectivity index (χ3v) is 4.33. The summed E-state index contributed by atoms with van der Waals surface area (Å²) in [7, 11) is -3.37. The maximum absolute atomic E-state index is 12.6. The molecule has 23 heavy (non-hydrogen) atoms. The van der Waals surface area contributed by atoms with Crippen molar-refractivity contribution in [2.45, 2.75) is 18.7 Å². The molecule has 0 radical (unpaired) electrons. The van der Waals surface area contributed by atoms with Crippen LogP contribution < -0.4 is 14.8 Å². The first kappa shape index (κ1) is 18.0. The summed E-state index contributed by atoms with van der Waals surface area (Å²) in [5.41, 5.74) is -0.752. The van der Waals surface area contributed by atoms with Crippen LogP contribution in [0.4, 0.5) is 13.2 Å². The molecular weight excluding hydrogens is 333 g/mol. The van der Waals surface area contributed by atoms with Crippen molar-refractivity contribution >= 4 is 10.0 Å². The molecule has 0 spiro atoms. The van der Waals surface area contributed by atoms with E-state index in [4.69, 9.17) is 4.74 Å². The predicted octanol–water partition coefficient (Wildman–Crippen LogP) is 1.61. The van der Waals surface area contributed by atoms with Crippen molar-refractivity contribution < 1.29 is 26.3 Å². The highest BCUT2D eigenvalue weighted by atomic mass is 32.2. The second-order valence-electron chi connectivity index (χ2n) is 5.55. The number of benzene rings is 1. The van der Waals surface area contributed by atoms with Gasteiger partial charge in [-0.05, 0) is 37.2 Å². The third kappa shape index (κ3) is 5.67. The molecule has 1 fully saturated rings. The van der Waals surface area contributed by atoms with Crippen molar-refractivity contribution in [2.24, 2.45) is 5.92 Å². The fourth-order valence-corrected chi connectivity index (χ4v) is 2.90. The zero-order chi connectivity index (χ0) is 17.1. The topological polar surface area (TPSA) is 67.4 Å². The molecule has 0 amide bonds. The highest BCUT2D eigenvalue weighted by Crippen LogP contribution is 2.30. The average Bonchev–Trinajstić information content (AvgIpc) is 2.96. The molecular formula is C14H19F3N2O3S. The van der Waals surface area contributed by atoms with Crippen LogP contribution in [0.2, 0.25) is 0 Å². The van der Waals surface area contributed by atoms with Gasteiger partial charge in [-0.2, -0.15) is 13.2 Å². The van der Waals surface area contributed by atoms with Crippen LogP contribution in [0.3, 0.4) is 0 Å². The van der Waals surface area contributed by atoms with Crippen molar-refractivity contribution in [1.29, 1.82) is 0 Å². The van der Waals surface area contributed by atoms with Gasteiger partial charge in [-0.15, -0.1) is 0 Å². The monoisotopic (exact) mass is 352 g/mol. The van der Waals surface area contributed by atoms with E-state index < -0.39 is 27.9 Å². The molecule has 0 bridgehead atoms. The zero-order valence-electron chi connectivity index (χ0n) is 12.6. The van der Waals surface area contributed by atoms with Crippen LogP contribution in [-0.2, 0) is 16.2 Å². The molecule has 5 nitrogen and oxygen atoms in total. The van der Waals surface area contributed by atoms with E-state index in [-0.39, 0.29) is 18.2 Å². The third-order valence-electron chi connectivity index (χ3n) is 3.64. The molecule has 9 heteroatoms. The summed E-state index contributed by atoms with van der Waals surface area (Å²) in [6.45, 7) is 1.55. The molecule has 1 saturated heterocycles. The van der Waals surface area contributed by atoms with Gasteiger partial charge in [0.25, 0.3) is 0 Å². The quantitative estimate of drug-likeness (QED) is 0.816. The van der Waals surface area contributed by atoms with Crippen molar-refractivity contribution in [2.75, 3.05) is 25.9 Å². The van der Waals surface area contributed by atoms with E-state index in [0.29, 0.717) is 6.54 Å². The summed E-state index contributed by atoms with van der Waals surface area (Å²) < 4.78 is 68.3. The van der Waals surface area contributed by atoms with Crippen molar-refractivity contribution in [3.63, 3.8) is 0 Å². The lowest BCUT2D eigenvalue weighted by Gasteiger charge is -2.24. The standard InChI is InChI=1S/C14H19F3N2O3S/c1-23(20,21)19-9-13(10-6-7-18-8-10)22-12-4-2-11(3-5-12)14(15,16)17/h2-5,10,13,18-19H,6-9H2,1H3/t10-,13-/m0/s1. The van der Waals surface area contributed by atoms with Crippen LogP contribution in [0.1, 0.15) is 12.0 Å². The lowest BCUT2D eigenvalue weighted by Crippen LogP contribution is -2.40. The Hall–Kier alpha value is -1.32. The highest BCUT2D eigenvalue weighted by Gasteiger charge is 2.31. The Bertz CT molecular complexity index is 611. The SMILES string of the molecule is CS(=O)(=O)NC[C@H](Oc1ccc(C(F)(F)F)cc1)[C@H]1CCNC1. The van der Waals surface area contributed by atoms with E-state index >= 15 is 0 Å². The van der Waals surface area contributed by atoms with E-state index in [1.54, 1.807) is 0 Å². The van der Waals surface area contributed by atoms with Gasteiger partial charge in [-0.25, -0.2) is 13.1 Å². The molecule has 1 heterocycles. The Balaban J connectivity index is 2.07. The second-order valence-corrected chi connectivity index (χ2v) is 7.38. The minimum absolute atomic E-state index is 0.0756. The molecule has 2 atom stereocenters. The van der Waals surface area contributed by atoms with Gasteiger partial charge >= 0.3 is 6.18 Å². The van der Waals surface area contributed by atoms with Crippen LogP contribution in [0.5, 0.6) is 5.75 Å². The normalized spacial score (nSPS) is 20.4. The maximum atomic E-state index is 12.6. The van der Waals surface area contributed by atoms with E-state index in [9.17, 15) is 21.6 Å². The number of sulfonamides is 1. The largest absolute Gasteiger partial charge is 0.489 e. The smallest absolute Gasteiger partial charge is 0.416 e. The van der Waals surface area contributed by atoms with Gasteiger partial charge < -0.3 is 10.1 Å². The van der Waals surface area contributed by atoms with Crippen LogP contribution in [0, 0.1) is 5.92 Å². The molecule has 130 valence electrons. The van der Waals surface area contributed by atoms with Crippen LogP contribution in [-0.4, -0.2) is 40.4 Å². The second kappa shape index (κ2) is 7.06. The molecule has 1 aromatic carbocycles. The molecule has 0 unspecified atom stereocenters. The summed E-state index contributed by atoms with van der Waals surface area (Å²) >= 11 is 0. The van der Waals surface area contributed by atoms with Gasteiger partial charge in [0, 0.05) is 19.0 Å². The number of halogens is 3. The van der Waals surface area contributed by atoms with E-state index in [1.807, 2.05) is 0 Å². The van der Waals surface area contributed by atoms with Crippen LogP contribution in [0.15, 0.2) is 24.3 Å². The summed E-state index contributed by atoms with van der Waals surface area (Å²) in [5.74, 6) is 0.372. The van der Waals surface area contributed by atoms with Gasteiger partial charge in [-0.1, -0.05) is 0 Å². The zero-order valence-corrected chi connectivity index (χ0v) is 13.4. The van der Waals surface area contributed by atoms with Gasteiger partial charge in [0.15, 0.2) is 0 Å². The fraction of sp³-hybridized carbons (Fsp3) is 0.571. The molecule has 0 saturated carbocycles. The maximum Gasteiger partial charge on any atom is 0.416 e. The first-order valence-corrected chi connectivity index (χ1v) is 9.03. The van der Waals surface area contributed by atoms with E-state index in [0.717, 1.165) is 31.4 Å². The van der Waals surface area contributed by atoms with Gasteiger partial charge in [-0.3, -0.25) is 0 Å². The van der Waals surface area contributed by atoms with E-state index in [2.05, 4.69) is 10.0 Å². The highest BCUT2D eigenvalue weighted by molar-refractivity contribution is 7.88. The van der Waals surface area contributed by atoms with Gasteiger partial charge in [0.2, 0.25) is 10.0 Å². The molecule has 0 aromatic heterocycles. The average molecular weight is 352 g/mol. The lowest BCUT2D eigenvalue weighted by atomic mass is 10.0. The number of rotatable bonds is 6. The van der Waals surface area contributed by atoms with Crippen molar-refractivity contribution in [3.8, 4) is 5.75 Å². The number of alkyl halides is 3. The Morgan fingerprint density at radius 1 is 1.35 bits per heavy atom. The molecule has 1 aliphatic rings. The summed E-state index contributed by atoms with van der Waals surface area (Å²) in [6, 6.07) is 4.39. The first-order valence-electron chi connectivity index (χ1n) is 7.14. The Morgan fingerprint density at radius 3 is 2.48 bits per heavy atom. The molecule has 1 aliphatic heterocycles. The number of hydrogen-bond acceptors (Lipinski definition) is 4. The summed E-state index contributed by atoms with van der Waals surface area (Å²) in [5, 5.41) is 3.16. The molecule has 0 aliphatic carbocycles. The van der Waals surface area contributed by atoms with Gasteiger partial charge in [0.1, 0.15) is 11.9 Å². The van der Waals surface area contributed by atoms with Crippen LogP contribution >= 0.6 is 0 Å².